The monoisotopic (exact) mass is 339 g/mol. The Labute approximate surface area is 142 Å². The summed E-state index contributed by atoms with van der Waals surface area (Å²) in [5.41, 5.74) is 1.55. The predicted molar refractivity (Wildman–Crippen MR) is 94.1 cm³/mol. The predicted octanol–water partition coefficient (Wildman–Crippen LogP) is 2.97. The third kappa shape index (κ3) is 5.11. The summed E-state index contributed by atoms with van der Waals surface area (Å²) in [4.78, 5) is 13.9. The number of amides is 2. The van der Waals surface area contributed by atoms with Crippen LogP contribution < -0.4 is 10.6 Å². The molecule has 1 fully saturated rings. The first-order valence-electron chi connectivity index (χ1n) is 7.93. The van der Waals surface area contributed by atoms with Crippen molar-refractivity contribution in [1.82, 2.24) is 15.5 Å². The molecule has 2 amide bonds. The Bertz CT molecular complexity index is 541. The Morgan fingerprint density at radius 2 is 2.09 bits per heavy atom. The zero-order valence-electron chi connectivity index (χ0n) is 14.1. The number of urea groups is 1. The second-order valence-corrected chi connectivity index (χ2v) is 7.71. The van der Waals surface area contributed by atoms with Crippen LogP contribution in [0.15, 0.2) is 18.2 Å². The number of nitrogens with one attached hydrogen (secondary N) is 2. The van der Waals surface area contributed by atoms with Crippen molar-refractivity contribution in [3.05, 3.63) is 35.1 Å². The average molecular weight is 339 g/mol. The van der Waals surface area contributed by atoms with Crippen LogP contribution in [0.25, 0.3) is 0 Å². The van der Waals surface area contributed by atoms with Crippen LogP contribution in [0.3, 0.4) is 0 Å². The Morgan fingerprint density at radius 3 is 2.65 bits per heavy atom. The zero-order chi connectivity index (χ0) is 16.9. The molecule has 0 aromatic heterocycles. The molecular formula is C17H26FN3OS. The molecule has 6 heteroatoms. The summed E-state index contributed by atoms with van der Waals surface area (Å²) in [6, 6.07) is 4.82. The first kappa shape index (κ1) is 18.1. The van der Waals surface area contributed by atoms with Gasteiger partial charge in [0.1, 0.15) is 5.82 Å². The molecule has 1 aliphatic carbocycles. The van der Waals surface area contributed by atoms with Crippen LogP contribution in [-0.4, -0.2) is 42.6 Å². The summed E-state index contributed by atoms with van der Waals surface area (Å²) in [6.45, 7) is 1.65. The molecule has 23 heavy (non-hydrogen) atoms. The van der Waals surface area contributed by atoms with Gasteiger partial charge in [0.25, 0.3) is 0 Å². The SMILES string of the molecule is CSC1(CNC(=O)NCc2ccc(F)c(CN(C)C)c2)CCC1. The number of halogens is 1. The highest BCUT2D eigenvalue weighted by atomic mass is 32.2. The number of thioether (sulfide) groups is 1. The van der Waals surface area contributed by atoms with Gasteiger partial charge in [0.05, 0.1) is 0 Å². The van der Waals surface area contributed by atoms with Gasteiger partial charge in [-0.2, -0.15) is 11.8 Å². The summed E-state index contributed by atoms with van der Waals surface area (Å²) >= 11 is 1.84. The van der Waals surface area contributed by atoms with E-state index < -0.39 is 0 Å². The van der Waals surface area contributed by atoms with Gasteiger partial charge >= 0.3 is 6.03 Å². The molecule has 2 rings (SSSR count). The van der Waals surface area contributed by atoms with Gasteiger partial charge in [-0.05, 0) is 50.9 Å². The van der Waals surface area contributed by atoms with Crippen molar-refractivity contribution >= 4 is 17.8 Å². The van der Waals surface area contributed by atoms with Crippen molar-refractivity contribution in [3.8, 4) is 0 Å². The molecule has 2 N–H and O–H groups in total. The van der Waals surface area contributed by atoms with E-state index in [-0.39, 0.29) is 16.6 Å². The van der Waals surface area contributed by atoms with Crippen molar-refractivity contribution in [2.75, 3.05) is 26.9 Å². The molecule has 0 bridgehead atoms. The zero-order valence-corrected chi connectivity index (χ0v) is 14.9. The maximum atomic E-state index is 13.7. The van der Waals surface area contributed by atoms with Gasteiger partial charge in [-0.3, -0.25) is 0 Å². The topological polar surface area (TPSA) is 44.4 Å². The van der Waals surface area contributed by atoms with Crippen LogP contribution in [0.1, 0.15) is 30.4 Å². The molecule has 128 valence electrons. The lowest BCUT2D eigenvalue weighted by Crippen LogP contribution is -2.47. The van der Waals surface area contributed by atoms with Crippen LogP contribution in [0.4, 0.5) is 9.18 Å². The van der Waals surface area contributed by atoms with E-state index in [4.69, 9.17) is 0 Å². The summed E-state index contributed by atoms with van der Waals surface area (Å²) < 4.78 is 14.0. The van der Waals surface area contributed by atoms with Gasteiger partial charge in [0, 0.05) is 29.9 Å². The number of carbonyl (C=O) groups excluding carboxylic acids is 1. The molecule has 4 nitrogen and oxygen atoms in total. The number of carbonyl (C=O) groups is 1. The van der Waals surface area contributed by atoms with Crippen molar-refractivity contribution < 1.29 is 9.18 Å². The summed E-state index contributed by atoms with van der Waals surface area (Å²) in [5, 5.41) is 5.80. The van der Waals surface area contributed by atoms with Crippen LogP contribution in [0, 0.1) is 5.82 Å². The summed E-state index contributed by atoms with van der Waals surface area (Å²) in [6.07, 6.45) is 5.68. The first-order valence-corrected chi connectivity index (χ1v) is 9.15. The number of rotatable bonds is 7. The summed E-state index contributed by atoms with van der Waals surface area (Å²) in [5.74, 6) is -0.209. The molecule has 0 aliphatic heterocycles. The van der Waals surface area contributed by atoms with Crippen molar-refractivity contribution in [2.45, 2.75) is 37.1 Å². The minimum atomic E-state index is -0.209. The fourth-order valence-corrected chi connectivity index (χ4v) is 3.62. The van der Waals surface area contributed by atoms with Crippen LogP contribution >= 0.6 is 11.8 Å². The first-order chi connectivity index (χ1) is 10.9. The Morgan fingerprint density at radius 1 is 1.35 bits per heavy atom. The Kier molecular flexibility index (Phi) is 6.30. The molecule has 0 unspecified atom stereocenters. The Balaban J connectivity index is 1.82. The maximum absolute atomic E-state index is 13.7. The van der Waals surface area contributed by atoms with E-state index in [1.54, 1.807) is 6.07 Å². The largest absolute Gasteiger partial charge is 0.337 e. The third-order valence-corrected chi connectivity index (χ3v) is 5.74. The average Bonchev–Trinajstić information content (AvgIpc) is 2.47. The molecule has 0 heterocycles. The molecule has 0 atom stereocenters. The van der Waals surface area contributed by atoms with E-state index in [1.165, 1.54) is 25.3 Å². The highest BCUT2D eigenvalue weighted by molar-refractivity contribution is 8.00. The number of benzene rings is 1. The van der Waals surface area contributed by atoms with Gasteiger partial charge in [0.15, 0.2) is 0 Å². The highest BCUT2D eigenvalue weighted by Crippen LogP contribution is 2.42. The van der Waals surface area contributed by atoms with E-state index in [2.05, 4.69) is 16.9 Å². The van der Waals surface area contributed by atoms with Gasteiger partial charge in [-0.15, -0.1) is 0 Å². The Hall–Kier alpha value is -1.27. The lowest BCUT2D eigenvalue weighted by molar-refractivity contribution is 0.236. The normalized spacial score (nSPS) is 16.0. The molecule has 1 aromatic rings. The van der Waals surface area contributed by atoms with Gasteiger partial charge in [-0.1, -0.05) is 12.5 Å². The molecule has 1 saturated carbocycles. The molecule has 1 aromatic carbocycles. The van der Waals surface area contributed by atoms with E-state index in [0.29, 0.717) is 25.2 Å². The quantitative estimate of drug-likeness (QED) is 0.803. The van der Waals surface area contributed by atoms with E-state index in [1.807, 2.05) is 36.8 Å². The van der Waals surface area contributed by atoms with Crippen molar-refractivity contribution in [1.29, 1.82) is 0 Å². The van der Waals surface area contributed by atoms with E-state index in [0.717, 1.165) is 5.56 Å². The van der Waals surface area contributed by atoms with Gasteiger partial charge in [0.2, 0.25) is 0 Å². The van der Waals surface area contributed by atoms with Crippen molar-refractivity contribution in [2.24, 2.45) is 0 Å². The number of hydrogen-bond acceptors (Lipinski definition) is 3. The molecule has 1 aliphatic rings. The van der Waals surface area contributed by atoms with Gasteiger partial charge < -0.3 is 15.5 Å². The van der Waals surface area contributed by atoms with E-state index >= 15 is 0 Å². The second-order valence-electron chi connectivity index (χ2n) is 6.44. The van der Waals surface area contributed by atoms with E-state index in [9.17, 15) is 9.18 Å². The maximum Gasteiger partial charge on any atom is 0.315 e. The van der Waals surface area contributed by atoms with Gasteiger partial charge in [-0.25, -0.2) is 9.18 Å². The molecular weight excluding hydrogens is 313 g/mol. The molecule has 0 saturated heterocycles. The lowest BCUT2D eigenvalue weighted by Gasteiger charge is -2.40. The fourth-order valence-electron chi connectivity index (χ4n) is 2.71. The highest BCUT2D eigenvalue weighted by Gasteiger charge is 2.36. The lowest BCUT2D eigenvalue weighted by atomic mass is 9.84. The fraction of sp³-hybridized carbons (Fsp3) is 0.588. The van der Waals surface area contributed by atoms with Crippen LogP contribution in [0.5, 0.6) is 0 Å². The minimum absolute atomic E-state index is 0.163. The van der Waals surface area contributed by atoms with Crippen LogP contribution in [0.2, 0.25) is 0 Å². The third-order valence-electron chi connectivity index (χ3n) is 4.32. The summed E-state index contributed by atoms with van der Waals surface area (Å²) in [7, 11) is 3.81. The second kappa shape index (κ2) is 8.02. The minimum Gasteiger partial charge on any atom is -0.337 e. The standard InChI is InChI=1S/C17H26FN3OS/c1-21(2)11-14-9-13(5-6-15(14)18)10-19-16(22)20-12-17(23-3)7-4-8-17/h5-6,9H,4,7-8,10-12H2,1-3H3,(H2,19,20,22). The smallest absolute Gasteiger partial charge is 0.315 e. The molecule has 0 radical (unpaired) electrons. The number of hydrogen-bond donors (Lipinski definition) is 2. The van der Waals surface area contributed by atoms with Crippen LogP contribution in [-0.2, 0) is 13.1 Å². The number of nitrogens with zero attached hydrogens (tertiary/aromatic N) is 1. The van der Waals surface area contributed by atoms with Crippen molar-refractivity contribution in [3.63, 3.8) is 0 Å². The molecule has 0 spiro atoms.